The molecule has 1 saturated heterocycles. The van der Waals surface area contributed by atoms with Crippen LogP contribution in [0.5, 0.6) is 0 Å². The van der Waals surface area contributed by atoms with Gasteiger partial charge in [0.25, 0.3) is 0 Å². The third-order valence-corrected chi connectivity index (χ3v) is 5.12. The van der Waals surface area contributed by atoms with Gasteiger partial charge in [-0.15, -0.1) is 0 Å². The van der Waals surface area contributed by atoms with Gasteiger partial charge >= 0.3 is 0 Å². The lowest BCUT2D eigenvalue weighted by molar-refractivity contribution is 0.196. The molecule has 0 bridgehead atoms. The zero-order valence-electron chi connectivity index (χ0n) is 7.60. The van der Waals surface area contributed by atoms with Crippen LogP contribution in [0.1, 0.15) is 33.1 Å². The first-order valence-corrected chi connectivity index (χ1v) is 5.98. The van der Waals surface area contributed by atoms with Crippen LogP contribution < -0.4 is 0 Å². The highest BCUT2D eigenvalue weighted by Crippen LogP contribution is 2.56. The Labute approximate surface area is 74.1 Å². The average Bonchev–Trinajstić information content (AvgIpc) is 2.27. The minimum Gasteiger partial charge on any atom is -0.161 e. The molecule has 1 aliphatic heterocycles. The van der Waals surface area contributed by atoms with Crippen molar-refractivity contribution in [2.24, 2.45) is 17.3 Å². The molecule has 1 unspecified atom stereocenters. The molecular weight excluding hydrogens is 152 g/mol. The van der Waals surface area contributed by atoms with Gasteiger partial charge in [0.1, 0.15) is 0 Å². The Balaban J connectivity index is 2.07. The van der Waals surface area contributed by atoms with Gasteiger partial charge in [0, 0.05) is 11.5 Å². The number of thioether (sulfide) groups is 1. The van der Waals surface area contributed by atoms with E-state index in [1.807, 2.05) is 0 Å². The lowest BCUT2D eigenvalue weighted by atomic mass is 9.75. The number of hydrogen-bond donors (Lipinski definition) is 0. The molecule has 64 valence electrons. The predicted octanol–water partition coefficient (Wildman–Crippen LogP) is 3.18. The number of hydrogen-bond acceptors (Lipinski definition) is 1. The third-order valence-electron chi connectivity index (χ3n) is 3.56. The maximum atomic E-state index is 2.40. The Hall–Kier alpha value is 0.350. The lowest BCUT2D eigenvalue weighted by Gasteiger charge is -2.44. The van der Waals surface area contributed by atoms with E-state index in [1.54, 1.807) is 0 Å². The molecule has 1 heteroatoms. The van der Waals surface area contributed by atoms with Crippen molar-refractivity contribution in [2.75, 3.05) is 11.5 Å². The van der Waals surface area contributed by atoms with Gasteiger partial charge in [0.2, 0.25) is 0 Å². The molecule has 1 aliphatic carbocycles. The van der Waals surface area contributed by atoms with Gasteiger partial charge in [0.15, 0.2) is 0 Å². The first kappa shape index (κ1) is 7.97. The smallest absolute Gasteiger partial charge is 0.00000718 e. The van der Waals surface area contributed by atoms with E-state index in [1.165, 1.54) is 30.8 Å². The Bertz CT molecular complexity index is 147. The van der Waals surface area contributed by atoms with E-state index < -0.39 is 0 Å². The fourth-order valence-electron chi connectivity index (χ4n) is 2.93. The maximum Gasteiger partial charge on any atom is 0.00000718 e. The fraction of sp³-hybridized carbons (Fsp3) is 1.00. The molecule has 11 heavy (non-hydrogen) atoms. The highest BCUT2D eigenvalue weighted by atomic mass is 32.2. The molecule has 2 rings (SSSR count). The van der Waals surface area contributed by atoms with Gasteiger partial charge in [-0.05, 0) is 30.1 Å². The van der Waals surface area contributed by atoms with Gasteiger partial charge in [-0.2, -0.15) is 11.8 Å². The minimum absolute atomic E-state index is 0.818. The fourth-order valence-corrected chi connectivity index (χ4v) is 4.37. The molecule has 0 N–H and O–H groups in total. The zero-order chi connectivity index (χ0) is 7.90. The number of rotatable bonds is 1. The van der Waals surface area contributed by atoms with E-state index in [-0.39, 0.29) is 0 Å². The van der Waals surface area contributed by atoms with Crippen molar-refractivity contribution in [3.63, 3.8) is 0 Å². The summed E-state index contributed by atoms with van der Waals surface area (Å²) in [6.45, 7) is 4.81. The molecule has 2 fully saturated rings. The summed E-state index contributed by atoms with van der Waals surface area (Å²) in [6.07, 6.45) is 4.55. The van der Waals surface area contributed by atoms with Crippen LogP contribution in [0, 0.1) is 17.3 Å². The van der Waals surface area contributed by atoms with Crippen molar-refractivity contribution in [3.8, 4) is 0 Å². The van der Waals surface area contributed by atoms with Crippen LogP contribution in [0.25, 0.3) is 0 Å². The molecule has 0 aromatic carbocycles. The Morgan fingerprint density at radius 1 is 1.36 bits per heavy atom. The van der Waals surface area contributed by atoms with Crippen LogP contribution in [0.2, 0.25) is 0 Å². The first-order valence-electron chi connectivity index (χ1n) is 4.82. The van der Waals surface area contributed by atoms with Crippen LogP contribution in [-0.4, -0.2) is 11.5 Å². The largest absolute Gasteiger partial charge is 0.161 e. The van der Waals surface area contributed by atoms with Crippen LogP contribution in [0.4, 0.5) is 0 Å². The van der Waals surface area contributed by atoms with E-state index >= 15 is 0 Å². The van der Waals surface area contributed by atoms with Gasteiger partial charge < -0.3 is 0 Å². The SMILES string of the molecule is CC(C)C1CCCC12CSC2. The summed E-state index contributed by atoms with van der Waals surface area (Å²) in [6, 6.07) is 0. The van der Waals surface area contributed by atoms with Gasteiger partial charge in [0.05, 0.1) is 0 Å². The van der Waals surface area contributed by atoms with Crippen molar-refractivity contribution >= 4 is 11.8 Å². The zero-order valence-corrected chi connectivity index (χ0v) is 8.41. The first-order chi connectivity index (χ1) is 5.25. The van der Waals surface area contributed by atoms with E-state index in [0.29, 0.717) is 0 Å². The quantitative estimate of drug-likeness (QED) is 0.582. The lowest BCUT2D eigenvalue weighted by Crippen LogP contribution is -2.41. The predicted molar refractivity (Wildman–Crippen MR) is 51.9 cm³/mol. The van der Waals surface area contributed by atoms with E-state index in [0.717, 1.165) is 17.3 Å². The van der Waals surface area contributed by atoms with Gasteiger partial charge in [-0.1, -0.05) is 20.3 Å². The molecule has 0 aromatic heterocycles. The second kappa shape index (κ2) is 2.69. The van der Waals surface area contributed by atoms with E-state index in [2.05, 4.69) is 25.6 Å². The summed E-state index contributed by atoms with van der Waals surface area (Å²) in [7, 11) is 0. The highest BCUT2D eigenvalue weighted by Gasteiger charge is 2.48. The third kappa shape index (κ3) is 1.12. The van der Waals surface area contributed by atoms with Crippen LogP contribution >= 0.6 is 11.8 Å². The summed E-state index contributed by atoms with van der Waals surface area (Å²) in [5.74, 6) is 4.92. The van der Waals surface area contributed by atoms with Gasteiger partial charge in [-0.25, -0.2) is 0 Å². The van der Waals surface area contributed by atoms with Crippen molar-refractivity contribution in [1.82, 2.24) is 0 Å². The second-order valence-electron chi connectivity index (χ2n) is 4.60. The summed E-state index contributed by atoms with van der Waals surface area (Å²) in [5.41, 5.74) is 0.818. The molecular formula is C10H18S. The summed E-state index contributed by atoms with van der Waals surface area (Å²) in [4.78, 5) is 0. The Kier molecular flexibility index (Phi) is 1.95. The summed E-state index contributed by atoms with van der Waals surface area (Å²) < 4.78 is 0. The monoisotopic (exact) mass is 170 g/mol. The van der Waals surface area contributed by atoms with E-state index in [4.69, 9.17) is 0 Å². The van der Waals surface area contributed by atoms with Crippen molar-refractivity contribution in [2.45, 2.75) is 33.1 Å². The molecule has 1 heterocycles. The molecule has 0 radical (unpaired) electrons. The summed E-state index contributed by atoms with van der Waals surface area (Å²) in [5, 5.41) is 0. The van der Waals surface area contributed by atoms with Crippen molar-refractivity contribution in [3.05, 3.63) is 0 Å². The maximum absolute atomic E-state index is 2.40. The van der Waals surface area contributed by atoms with Crippen LogP contribution in [-0.2, 0) is 0 Å². The van der Waals surface area contributed by atoms with Crippen LogP contribution in [0.3, 0.4) is 0 Å². The van der Waals surface area contributed by atoms with E-state index in [9.17, 15) is 0 Å². The Morgan fingerprint density at radius 2 is 2.09 bits per heavy atom. The van der Waals surface area contributed by atoms with Crippen molar-refractivity contribution < 1.29 is 0 Å². The van der Waals surface area contributed by atoms with Crippen molar-refractivity contribution in [1.29, 1.82) is 0 Å². The molecule has 1 saturated carbocycles. The van der Waals surface area contributed by atoms with Gasteiger partial charge in [-0.3, -0.25) is 0 Å². The average molecular weight is 170 g/mol. The molecule has 0 amide bonds. The molecule has 2 aliphatic rings. The molecule has 1 spiro atoms. The molecule has 0 aromatic rings. The second-order valence-corrected chi connectivity index (χ2v) is 5.58. The van der Waals surface area contributed by atoms with Crippen LogP contribution in [0.15, 0.2) is 0 Å². The topological polar surface area (TPSA) is 0 Å². The Morgan fingerprint density at radius 3 is 2.45 bits per heavy atom. The highest BCUT2D eigenvalue weighted by molar-refractivity contribution is 8.00. The summed E-state index contributed by atoms with van der Waals surface area (Å²) >= 11 is 2.15. The molecule has 0 nitrogen and oxygen atoms in total. The molecule has 1 atom stereocenters. The minimum atomic E-state index is 0.818. The normalized spacial score (nSPS) is 34.6. The standard InChI is InChI=1S/C10H18S/c1-8(2)9-4-3-5-10(9)6-11-7-10/h8-9H,3-7H2,1-2H3.